The van der Waals surface area contributed by atoms with Gasteiger partial charge in [0.1, 0.15) is 6.17 Å². The minimum atomic E-state index is -0.612. The number of rotatable bonds is 0. The van der Waals surface area contributed by atoms with E-state index in [4.69, 9.17) is 0 Å². The maximum atomic E-state index is 12.9. The van der Waals surface area contributed by atoms with Crippen molar-refractivity contribution in [2.75, 3.05) is 26.2 Å². The molecule has 2 saturated heterocycles. The molecule has 66 valence electrons. The molecule has 3 heteroatoms. The van der Waals surface area contributed by atoms with Gasteiger partial charge in [0.05, 0.1) is 0 Å². The van der Waals surface area contributed by atoms with Gasteiger partial charge in [0.25, 0.3) is 0 Å². The van der Waals surface area contributed by atoms with E-state index in [1.165, 1.54) is 0 Å². The molecular formula is C8H17FN2. The Morgan fingerprint density at radius 1 is 1.18 bits per heavy atom. The van der Waals surface area contributed by atoms with Crippen LogP contribution in [0.3, 0.4) is 0 Å². The topological polar surface area (TPSA) is 24.1 Å². The van der Waals surface area contributed by atoms with E-state index in [9.17, 15) is 4.39 Å². The van der Waals surface area contributed by atoms with Crippen molar-refractivity contribution in [3.63, 3.8) is 0 Å². The van der Waals surface area contributed by atoms with Crippen LogP contribution in [0.5, 0.6) is 0 Å². The van der Waals surface area contributed by atoms with Crippen LogP contribution in [0.4, 0.5) is 4.39 Å². The van der Waals surface area contributed by atoms with Gasteiger partial charge in [-0.15, -0.1) is 0 Å². The zero-order chi connectivity index (χ0) is 8.32. The van der Waals surface area contributed by atoms with Crippen LogP contribution >= 0.6 is 0 Å². The lowest BCUT2D eigenvalue weighted by atomic mass is 9.80. The summed E-state index contributed by atoms with van der Waals surface area (Å²) < 4.78 is 12.9. The molecule has 1 atom stereocenters. The molecule has 2 heterocycles. The summed E-state index contributed by atoms with van der Waals surface area (Å²) in [5, 5.41) is 6.14. The van der Waals surface area contributed by atoms with Crippen LogP contribution in [0.2, 0.25) is 0 Å². The first kappa shape index (κ1) is 8.94. The van der Waals surface area contributed by atoms with Gasteiger partial charge in [-0.1, -0.05) is 13.8 Å². The molecule has 0 aromatic carbocycles. The van der Waals surface area contributed by atoms with Gasteiger partial charge in [-0.25, -0.2) is 4.39 Å². The SMILES string of the molecule is CC.FC1CNCC12CNC2. The Labute approximate surface area is 67.6 Å². The molecule has 2 fully saturated rings. The van der Waals surface area contributed by atoms with Crippen molar-refractivity contribution >= 4 is 0 Å². The predicted molar refractivity (Wildman–Crippen MR) is 44.4 cm³/mol. The fraction of sp³-hybridized carbons (Fsp3) is 1.00. The molecule has 2 aliphatic rings. The molecule has 2 rings (SSSR count). The molecule has 0 amide bonds. The van der Waals surface area contributed by atoms with Crippen LogP contribution in [0.1, 0.15) is 13.8 Å². The second-order valence-electron chi connectivity index (χ2n) is 3.06. The molecule has 1 spiro atoms. The van der Waals surface area contributed by atoms with Gasteiger partial charge in [0.15, 0.2) is 0 Å². The van der Waals surface area contributed by atoms with Gasteiger partial charge in [-0.05, 0) is 0 Å². The first-order valence-corrected chi connectivity index (χ1v) is 4.39. The van der Waals surface area contributed by atoms with Crippen molar-refractivity contribution in [1.82, 2.24) is 10.6 Å². The molecule has 0 aliphatic carbocycles. The zero-order valence-corrected chi connectivity index (χ0v) is 7.28. The van der Waals surface area contributed by atoms with E-state index in [1.807, 2.05) is 13.8 Å². The average molecular weight is 160 g/mol. The van der Waals surface area contributed by atoms with E-state index in [0.29, 0.717) is 6.54 Å². The predicted octanol–water partition coefficient (Wildman–Crippen LogP) is 0.543. The lowest BCUT2D eigenvalue weighted by Gasteiger charge is -2.40. The number of halogens is 1. The summed E-state index contributed by atoms with van der Waals surface area (Å²) >= 11 is 0. The Balaban J connectivity index is 0.000000281. The number of hydrogen-bond acceptors (Lipinski definition) is 2. The number of alkyl halides is 1. The summed E-state index contributed by atoms with van der Waals surface area (Å²) in [6.07, 6.45) is -0.612. The van der Waals surface area contributed by atoms with Crippen molar-refractivity contribution in [3.05, 3.63) is 0 Å². The number of hydrogen-bond donors (Lipinski definition) is 2. The molecule has 1 unspecified atom stereocenters. The van der Waals surface area contributed by atoms with E-state index in [0.717, 1.165) is 19.6 Å². The molecule has 11 heavy (non-hydrogen) atoms. The standard InChI is InChI=1S/C6H11FN2.C2H6/c7-5-1-8-2-6(5)3-9-4-6;1-2/h5,8-9H,1-4H2;1-2H3. The van der Waals surface area contributed by atoms with Crippen molar-refractivity contribution in [2.45, 2.75) is 20.0 Å². The maximum Gasteiger partial charge on any atom is 0.122 e. The van der Waals surface area contributed by atoms with E-state index >= 15 is 0 Å². The minimum absolute atomic E-state index is 0.0139. The fourth-order valence-corrected chi connectivity index (χ4v) is 1.57. The highest BCUT2D eigenvalue weighted by Crippen LogP contribution is 2.31. The average Bonchev–Trinajstić information content (AvgIpc) is 2.34. The summed E-state index contributed by atoms with van der Waals surface area (Å²) in [5.41, 5.74) is -0.0139. The van der Waals surface area contributed by atoms with Gasteiger partial charge in [0, 0.05) is 31.6 Å². The maximum absolute atomic E-state index is 12.9. The molecule has 0 aromatic heterocycles. The monoisotopic (exact) mass is 160 g/mol. The highest BCUT2D eigenvalue weighted by atomic mass is 19.1. The third-order valence-corrected chi connectivity index (χ3v) is 2.42. The van der Waals surface area contributed by atoms with E-state index in [-0.39, 0.29) is 5.41 Å². The highest BCUT2D eigenvalue weighted by Gasteiger charge is 2.47. The second kappa shape index (κ2) is 3.50. The summed E-state index contributed by atoms with van der Waals surface area (Å²) in [4.78, 5) is 0. The lowest BCUT2D eigenvalue weighted by Crippen LogP contribution is -2.58. The molecule has 0 radical (unpaired) electrons. The summed E-state index contributed by atoms with van der Waals surface area (Å²) in [6.45, 7) is 7.14. The Bertz CT molecular complexity index is 123. The molecule has 0 aromatic rings. The normalized spacial score (nSPS) is 32.5. The Morgan fingerprint density at radius 3 is 1.91 bits per heavy atom. The summed E-state index contributed by atoms with van der Waals surface area (Å²) in [5.74, 6) is 0. The van der Waals surface area contributed by atoms with E-state index in [2.05, 4.69) is 10.6 Å². The van der Waals surface area contributed by atoms with Crippen LogP contribution < -0.4 is 10.6 Å². The Morgan fingerprint density at radius 2 is 1.73 bits per heavy atom. The third-order valence-electron chi connectivity index (χ3n) is 2.42. The van der Waals surface area contributed by atoms with Crippen LogP contribution in [-0.2, 0) is 0 Å². The number of nitrogens with one attached hydrogen (secondary N) is 2. The van der Waals surface area contributed by atoms with Crippen molar-refractivity contribution < 1.29 is 4.39 Å². The van der Waals surface area contributed by atoms with Crippen molar-refractivity contribution in [1.29, 1.82) is 0 Å². The van der Waals surface area contributed by atoms with E-state index < -0.39 is 6.17 Å². The largest absolute Gasteiger partial charge is 0.315 e. The van der Waals surface area contributed by atoms with Gasteiger partial charge in [0.2, 0.25) is 0 Å². The first-order chi connectivity index (χ1) is 5.33. The summed E-state index contributed by atoms with van der Waals surface area (Å²) in [6, 6.07) is 0. The zero-order valence-electron chi connectivity index (χ0n) is 7.28. The highest BCUT2D eigenvalue weighted by molar-refractivity contribution is 5.04. The quantitative estimate of drug-likeness (QED) is 0.540. The van der Waals surface area contributed by atoms with E-state index in [1.54, 1.807) is 0 Å². The molecule has 0 bridgehead atoms. The second-order valence-corrected chi connectivity index (χ2v) is 3.06. The Hall–Kier alpha value is -0.150. The van der Waals surface area contributed by atoms with Gasteiger partial charge >= 0.3 is 0 Å². The molecule has 2 N–H and O–H groups in total. The molecule has 2 nitrogen and oxygen atoms in total. The van der Waals surface area contributed by atoms with Crippen molar-refractivity contribution in [2.24, 2.45) is 5.41 Å². The fourth-order valence-electron chi connectivity index (χ4n) is 1.57. The smallest absolute Gasteiger partial charge is 0.122 e. The lowest BCUT2D eigenvalue weighted by molar-refractivity contribution is 0.0936. The van der Waals surface area contributed by atoms with Crippen LogP contribution in [-0.4, -0.2) is 32.4 Å². The van der Waals surface area contributed by atoms with Crippen LogP contribution in [0, 0.1) is 5.41 Å². The molecule has 2 aliphatic heterocycles. The minimum Gasteiger partial charge on any atom is -0.315 e. The van der Waals surface area contributed by atoms with Crippen molar-refractivity contribution in [3.8, 4) is 0 Å². The summed E-state index contributed by atoms with van der Waals surface area (Å²) in [7, 11) is 0. The first-order valence-electron chi connectivity index (χ1n) is 4.39. The van der Waals surface area contributed by atoms with Crippen LogP contribution in [0.25, 0.3) is 0 Å². The Kier molecular flexibility index (Phi) is 2.84. The van der Waals surface area contributed by atoms with Gasteiger partial charge in [-0.2, -0.15) is 0 Å². The van der Waals surface area contributed by atoms with Crippen LogP contribution in [0.15, 0.2) is 0 Å². The van der Waals surface area contributed by atoms with Gasteiger partial charge in [-0.3, -0.25) is 0 Å². The molecular weight excluding hydrogens is 143 g/mol. The molecule has 0 saturated carbocycles. The third kappa shape index (κ3) is 1.40. The van der Waals surface area contributed by atoms with Gasteiger partial charge < -0.3 is 10.6 Å².